The molecule has 0 fully saturated rings. The van der Waals surface area contributed by atoms with Crippen molar-refractivity contribution in [3.8, 4) is 56.4 Å². The van der Waals surface area contributed by atoms with E-state index < -0.39 is 0 Å². The zero-order valence-corrected chi connectivity index (χ0v) is 26.2. The van der Waals surface area contributed by atoms with Crippen LogP contribution in [0.3, 0.4) is 0 Å². The predicted octanol–water partition coefficient (Wildman–Crippen LogP) is 11.7. The van der Waals surface area contributed by atoms with Crippen molar-refractivity contribution in [3.05, 3.63) is 164 Å². The monoisotopic (exact) mass is 617 g/mol. The molecule has 7 aromatic carbocycles. The van der Waals surface area contributed by atoms with Gasteiger partial charge in [0.2, 0.25) is 0 Å². The van der Waals surface area contributed by atoms with Crippen molar-refractivity contribution in [2.24, 2.45) is 0 Å². The molecule has 9 aromatic rings. The first-order chi connectivity index (χ1) is 23.3. The molecule has 0 aliphatic rings. The van der Waals surface area contributed by atoms with E-state index in [1.54, 1.807) is 0 Å². The first kappa shape index (κ1) is 27.3. The molecule has 0 bridgehead atoms. The summed E-state index contributed by atoms with van der Waals surface area (Å²) in [4.78, 5) is 15.5. The highest BCUT2D eigenvalue weighted by atomic mass is 32.1. The van der Waals surface area contributed by atoms with E-state index in [0.717, 1.165) is 33.4 Å². The van der Waals surface area contributed by atoms with Crippen molar-refractivity contribution in [2.75, 3.05) is 0 Å². The van der Waals surface area contributed by atoms with Crippen molar-refractivity contribution in [1.29, 1.82) is 0 Å². The average Bonchev–Trinajstić information content (AvgIpc) is 3.54. The summed E-state index contributed by atoms with van der Waals surface area (Å²) in [6.07, 6.45) is 0. The SMILES string of the molecule is c1ccc(-c2ccc(-c3nc(-c4cccc(-c5ccccc5)c4)nc(-c4cccc5ccc6c7ccccc7sc6c45)n3)cc2)cc1. The topological polar surface area (TPSA) is 38.7 Å². The van der Waals surface area contributed by atoms with Crippen LogP contribution in [0.4, 0.5) is 0 Å². The van der Waals surface area contributed by atoms with Crippen molar-refractivity contribution >= 4 is 42.3 Å². The van der Waals surface area contributed by atoms with Crippen molar-refractivity contribution in [3.63, 3.8) is 0 Å². The van der Waals surface area contributed by atoms with Gasteiger partial charge in [0.15, 0.2) is 17.5 Å². The number of hydrogen-bond acceptors (Lipinski definition) is 4. The van der Waals surface area contributed by atoms with Crippen molar-refractivity contribution in [2.45, 2.75) is 0 Å². The lowest BCUT2D eigenvalue weighted by Crippen LogP contribution is -2.00. The highest BCUT2D eigenvalue weighted by Gasteiger charge is 2.18. The van der Waals surface area contributed by atoms with Crippen molar-refractivity contribution < 1.29 is 0 Å². The fraction of sp³-hybridized carbons (Fsp3) is 0. The Hall–Kier alpha value is -5.97. The Labute approximate surface area is 276 Å². The van der Waals surface area contributed by atoms with Crippen LogP contribution in [0.5, 0.6) is 0 Å². The first-order valence-corrected chi connectivity index (χ1v) is 16.5. The largest absolute Gasteiger partial charge is 0.208 e. The molecule has 0 saturated heterocycles. The molecule has 0 aliphatic carbocycles. The van der Waals surface area contributed by atoms with Crippen LogP contribution in [0.1, 0.15) is 0 Å². The molecule has 0 aliphatic heterocycles. The smallest absolute Gasteiger partial charge is 0.164 e. The lowest BCUT2D eigenvalue weighted by atomic mass is 10.0. The standard InChI is InChI=1S/C43H27N3S/c1-3-11-28(12-4-1)30-21-23-32(24-22-30)41-44-42(34-17-9-16-33(27-34)29-13-5-2-6-14-29)46-43(45-41)37-19-10-15-31-25-26-36-35-18-7-8-20-38(35)47-40(36)39(31)37/h1-27H. The summed E-state index contributed by atoms with van der Waals surface area (Å²) in [7, 11) is 0. The van der Waals surface area contributed by atoms with Crippen LogP contribution in [-0.2, 0) is 0 Å². The normalized spacial score (nSPS) is 11.4. The molecule has 220 valence electrons. The number of nitrogens with zero attached hydrogens (tertiary/aromatic N) is 3. The van der Waals surface area contributed by atoms with Crippen LogP contribution in [0, 0.1) is 0 Å². The molecule has 3 nitrogen and oxygen atoms in total. The van der Waals surface area contributed by atoms with Crippen LogP contribution in [0.2, 0.25) is 0 Å². The second kappa shape index (κ2) is 11.4. The molecular formula is C43H27N3S. The summed E-state index contributed by atoms with van der Waals surface area (Å²) in [5, 5.41) is 4.87. The lowest BCUT2D eigenvalue weighted by molar-refractivity contribution is 1.08. The summed E-state index contributed by atoms with van der Waals surface area (Å²) in [6.45, 7) is 0. The molecule has 4 heteroatoms. The number of thiophene rings is 1. The Kier molecular flexibility index (Phi) is 6.65. The van der Waals surface area contributed by atoms with Gasteiger partial charge in [-0.2, -0.15) is 0 Å². The quantitative estimate of drug-likeness (QED) is 0.193. The minimum absolute atomic E-state index is 0.648. The van der Waals surface area contributed by atoms with E-state index in [1.165, 1.54) is 36.5 Å². The first-order valence-electron chi connectivity index (χ1n) is 15.7. The fourth-order valence-corrected chi connectivity index (χ4v) is 7.68. The molecule has 0 atom stereocenters. The maximum Gasteiger partial charge on any atom is 0.164 e. The van der Waals surface area contributed by atoms with Gasteiger partial charge >= 0.3 is 0 Å². The number of fused-ring (bicyclic) bond motifs is 5. The van der Waals surface area contributed by atoms with Crippen LogP contribution in [0.15, 0.2) is 164 Å². The number of hydrogen-bond donors (Lipinski definition) is 0. The van der Waals surface area contributed by atoms with Crippen LogP contribution in [-0.4, -0.2) is 15.0 Å². The van der Waals surface area contributed by atoms with Gasteiger partial charge in [0, 0.05) is 42.2 Å². The highest BCUT2D eigenvalue weighted by Crippen LogP contribution is 2.42. The average molecular weight is 618 g/mol. The van der Waals surface area contributed by atoms with E-state index in [2.05, 4.69) is 152 Å². The van der Waals surface area contributed by atoms with E-state index in [9.17, 15) is 0 Å². The Balaban J connectivity index is 1.26. The third-order valence-corrected chi connectivity index (χ3v) is 9.95. The molecule has 0 spiro atoms. The zero-order chi connectivity index (χ0) is 31.2. The van der Waals surface area contributed by atoms with E-state index in [-0.39, 0.29) is 0 Å². The van der Waals surface area contributed by atoms with Gasteiger partial charge in [0.05, 0.1) is 0 Å². The third kappa shape index (κ3) is 4.96. The van der Waals surface area contributed by atoms with E-state index in [4.69, 9.17) is 15.0 Å². The molecule has 2 aromatic heterocycles. The van der Waals surface area contributed by atoms with Crippen molar-refractivity contribution in [1.82, 2.24) is 15.0 Å². The summed E-state index contributed by atoms with van der Waals surface area (Å²) in [5.74, 6) is 1.96. The number of aromatic nitrogens is 3. The second-order valence-corrected chi connectivity index (χ2v) is 12.7. The lowest BCUT2D eigenvalue weighted by Gasteiger charge is -2.12. The van der Waals surface area contributed by atoms with Gasteiger partial charge < -0.3 is 0 Å². The summed E-state index contributed by atoms with van der Waals surface area (Å²) in [6, 6.07) is 57.3. The van der Waals surface area contributed by atoms with Crippen LogP contribution >= 0.6 is 11.3 Å². The van der Waals surface area contributed by atoms with Crippen LogP contribution in [0.25, 0.3) is 87.4 Å². The molecule has 0 radical (unpaired) electrons. The number of rotatable bonds is 5. The van der Waals surface area contributed by atoms with Gasteiger partial charge in [0.25, 0.3) is 0 Å². The molecule has 47 heavy (non-hydrogen) atoms. The van der Waals surface area contributed by atoms with Gasteiger partial charge in [-0.1, -0.05) is 152 Å². The molecule has 0 unspecified atom stereocenters. The number of benzene rings is 7. The maximum atomic E-state index is 5.19. The highest BCUT2D eigenvalue weighted by molar-refractivity contribution is 7.26. The fourth-order valence-electron chi connectivity index (χ4n) is 6.40. The minimum Gasteiger partial charge on any atom is -0.208 e. The molecule has 0 amide bonds. The molecule has 0 N–H and O–H groups in total. The Bertz CT molecular complexity index is 2550. The van der Waals surface area contributed by atoms with E-state index >= 15 is 0 Å². The van der Waals surface area contributed by atoms with Gasteiger partial charge in [-0.3, -0.25) is 0 Å². The molecule has 0 saturated carbocycles. The summed E-state index contributed by atoms with van der Waals surface area (Å²) < 4.78 is 2.53. The van der Waals surface area contributed by atoms with Gasteiger partial charge in [-0.05, 0) is 39.8 Å². The van der Waals surface area contributed by atoms with E-state index in [0.29, 0.717) is 17.5 Å². The third-order valence-electron chi connectivity index (χ3n) is 8.74. The van der Waals surface area contributed by atoms with Gasteiger partial charge in [-0.25, -0.2) is 15.0 Å². The molecular weight excluding hydrogens is 591 g/mol. The molecule has 2 heterocycles. The van der Waals surface area contributed by atoms with Crippen LogP contribution < -0.4 is 0 Å². The Morgan fingerprint density at radius 2 is 0.936 bits per heavy atom. The van der Waals surface area contributed by atoms with E-state index in [1.807, 2.05) is 23.5 Å². The zero-order valence-electron chi connectivity index (χ0n) is 25.3. The Morgan fingerprint density at radius 1 is 0.362 bits per heavy atom. The summed E-state index contributed by atoms with van der Waals surface area (Å²) >= 11 is 1.83. The molecule has 9 rings (SSSR count). The predicted molar refractivity (Wildman–Crippen MR) is 197 cm³/mol. The second-order valence-electron chi connectivity index (χ2n) is 11.6. The van der Waals surface area contributed by atoms with Gasteiger partial charge in [0.1, 0.15) is 0 Å². The Morgan fingerprint density at radius 3 is 1.72 bits per heavy atom. The van der Waals surface area contributed by atoms with Gasteiger partial charge in [-0.15, -0.1) is 11.3 Å². The maximum absolute atomic E-state index is 5.19. The minimum atomic E-state index is 0.648. The summed E-state index contributed by atoms with van der Waals surface area (Å²) in [5.41, 5.74) is 7.50.